The molecule has 2 aliphatic rings. The van der Waals surface area contributed by atoms with Crippen LogP contribution >= 0.6 is 15.9 Å². The van der Waals surface area contributed by atoms with Crippen LogP contribution in [-0.4, -0.2) is 11.9 Å². The molecule has 2 saturated carbocycles. The number of hydrogen-bond donors (Lipinski definition) is 1. The van der Waals surface area contributed by atoms with Crippen LogP contribution in [0.15, 0.2) is 45.3 Å². The van der Waals surface area contributed by atoms with Gasteiger partial charge in [-0.05, 0) is 84.1 Å². The van der Waals surface area contributed by atoms with Gasteiger partial charge in [-0.15, -0.1) is 0 Å². The lowest BCUT2D eigenvalue weighted by molar-refractivity contribution is 0.0883. The molecule has 4 atom stereocenters. The molecule has 0 saturated heterocycles. The minimum Gasteiger partial charge on any atom is -0.484 e. The monoisotopic (exact) mass is 417 g/mol. The van der Waals surface area contributed by atoms with Crippen LogP contribution < -0.4 is 10.1 Å². The molecule has 138 valence electrons. The summed E-state index contributed by atoms with van der Waals surface area (Å²) < 4.78 is 12.3. The number of ether oxygens (including phenoxy) is 1. The molecule has 1 aromatic carbocycles. The molecule has 5 heteroatoms. The summed E-state index contributed by atoms with van der Waals surface area (Å²) in [5, 5.41) is 3.14. The standard InChI is InChI=1S/C21H24BrNO3/c1-13(17-11-14-6-7-15(17)10-14)23-21(24)20-9-8-16(26-20)12-25-19-5-3-2-4-18(19)22/h2-5,8-9,13-15,17H,6-7,10-12H2,1H3,(H,23,24). The number of benzene rings is 1. The molecule has 4 nitrogen and oxygen atoms in total. The molecule has 4 unspecified atom stereocenters. The molecule has 26 heavy (non-hydrogen) atoms. The molecule has 0 spiro atoms. The highest BCUT2D eigenvalue weighted by molar-refractivity contribution is 9.10. The number of amides is 1. The number of fused-ring (bicyclic) bond motifs is 2. The fourth-order valence-corrected chi connectivity index (χ4v) is 4.98. The maximum atomic E-state index is 12.5. The van der Waals surface area contributed by atoms with Crippen LogP contribution in [0.5, 0.6) is 5.75 Å². The molecule has 2 aliphatic carbocycles. The predicted molar refractivity (Wildman–Crippen MR) is 103 cm³/mol. The zero-order valence-corrected chi connectivity index (χ0v) is 16.5. The largest absolute Gasteiger partial charge is 0.484 e. The van der Waals surface area contributed by atoms with Gasteiger partial charge in [0.05, 0.1) is 4.47 Å². The van der Waals surface area contributed by atoms with Gasteiger partial charge in [-0.1, -0.05) is 18.6 Å². The Hall–Kier alpha value is -1.75. The van der Waals surface area contributed by atoms with E-state index in [2.05, 4.69) is 28.2 Å². The first-order valence-corrected chi connectivity index (χ1v) is 10.2. The number of furan rings is 1. The second-order valence-electron chi connectivity index (χ2n) is 7.59. The van der Waals surface area contributed by atoms with Crippen molar-refractivity contribution in [2.45, 2.75) is 45.3 Å². The van der Waals surface area contributed by atoms with E-state index >= 15 is 0 Å². The first kappa shape index (κ1) is 17.7. The summed E-state index contributed by atoms with van der Waals surface area (Å²) in [7, 11) is 0. The van der Waals surface area contributed by atoms with Gasteiger partial charge in [0.15, 0.2) is 5.76 Å². The SMILES string of the molecule is CC(NC(=O)c1ccc(COc2ccccc2Br)o1)C1CC2CCC1C2. The molecule has 1 amide bonds. The average Bonchev–Trinajstić information content (AvgIpc) is 3.37. The van der Waals surface area contributed by atoms with Crippen LogP contribution in [0.3, 0.4) is 0 Å². The number of halogens is 1. The van der Waals surface area contributed by atoms with Crippen LogP contribution in [-0.2, 0) is 6.61 Å². The Bertz CT molecular complexity index is 787. The number of hydrogen-bond acceptors (Lipinski definition) is 3. The van der Waals surface area contributed by atoms with Gasteiger partial charge in [0.2, 0.25) is 0 Å². The topological polar surface area (TPSA) is 51.5 Å². The molecule has 1 aromatic heterocycles. The third kappa shape index (κ3) is 3.68. The smallest absolute Gasteiger partial charge is 0.287 e. The number of carbonyl (C=O) groups is 1. The van der Waals surface area contributed by atoms with E-state index in [0.29, 0.717) is 17.4 Å². The van der Waals surface area contributed by atoms with E-state index in [-0.39, 0.29) is 18.6 Å². The summed E-state index contributed by atoms with van der Waals surface area (Å²) in [5.74, 6) is 3.90. The lowest BCUT2D eigenvalue weighted by atomic mass is 9.84. The third-order valence-corrected chi connectivity index (χ3v) is 6.54. The maximum absolute atomic E-state index is 12.5. The van der Waals surface area contributed by atoms with E-state index < -0.39 is 0 Å². The molecular formula is C21H24BrNO3. The highest BCUT2D eigenvalue weighted by Crippen LogP contribution is 2.49. The van der Waals surface area contributed by atoms with Crippen molar-refractivity contribution in [2.24, 2.45) is 17.8 Å². The van der Waals surface area contributed by atoms with Gasteiger partial charge in [-0.25, -0.2) is 0 Å². The molecule has 2 bridgehead atoms. The van der Waals surface area contributed by atoms with Crippen molar-refractivity contribution >= 4 is 21.8 Å². The summed E-state index contributed by atoms with van der Waals surface area (Å²) in [5.41, 5.74) is 0. The summed E-state index contributed by atoms with van der Waals surface area (Å²) in [4.78, 5) is 12.5. The summed E-state index contributed by atoms with van der Waals surface area (Å²) in [6.07, 6.45) is 5.31. The van der Waals surface area contributed by atoms with E-state index in [1.54, 1.807) is 12.1 Å². The first-order valence-electron chi connectivity index (χ1n) is 9.37. The fourth-order valence-electron chi connectivity index (χ4n) is 4.58. The van der Waals surface area contributed by atoms with E-state index in [9.17, 15) is 4.79 Å². The minimum absolute atomic E-state index is 0.132. The molecule has 2 aromatic rings. The molecule has 1 heterocycles. The first-order chi connectivity index (χ1) is 12.6. The van der Waals surface area contributed by atoms with Crippen molar-refractivity contribution in [1.29, 1.82) is 0 Å². The van der Waals surface area contributed by atoms with Gasteiger partial charge < -0.3 is 14.5 Å². The Balaban J connectivity index is 1.32. The highest BCUT2D eigenvalue weighted by atomic mass is 79.9. The van der Waals surface area contributed by atoms with Crippen molar-refractivity contribution in [3.05, 3.63) is 52.4 Å². The lowest BCUT2D eigenvalue weighted by Gasteiger charge is -2.28. The Morgan fingerprint density at radius 1 is 1.27 bits per heavy atom. The van der Waals surface area contributed by atoms with Gasteiger partial charge >= 0.3 is 0 Å². The predicted octanol–water partition coefficient (Wildman–Crippen LogP) is 5.18. The minimum atomic E-state index is -0.132. The molecule has 0 radical (unpaired) electrons. The number of nitrogens with one attached hydrogen (secondary N) is 1. The van der Waals surface area contributed by atoms with Gasteiger partial charge in [0.1, 0.15) is 18.1 Å². The van der Waals surface area contributed by atoms with Gasteiger partial charge in [-0.2, -0.15) is 0 Å². The van der Waals surface area contributed by atoms with E-state index in [1.165, 1.54) is 25.7 Å². The molecule has 0 aliphatic heterocycles. The van der Waals surface area contributed by atoms with E-state index in [4.69, 9.17) is 9.15 Å². The van der Waals surface area contributed by atoms with Crippen molar-refractivity contribution in [3.8, 4) is 5.75 Å². The zero-order valence-electron chi connectivity index (χ0n) is 14.9. The van der Waals surface area contributed by atoms with Crippen LogP contribution in [0, 0.1) is 17.8 Å². The van der Waals surface area contributed by atoms with Crippen molar-refractivity contribution in [1.82, 2.24) is 5.32 Å². The second kappa shape index (κ2) is 7.47. The second-order valence-corrected chi connectivity index (χ2v) is 8.44. The third-order valence-electron chi connectivity index (χ3n) is 5.89. The number of carbonyl (C=O) groups excluding carboxylic acids is 1. The van der Waals surface area contributed by atoms with Gasteiger partial charge in [-0.3, -0.25) is 4.79 Å². The number of rotatable bonds is 6. The molecule has 1 N–H and O–H groups in total. The molecule has 2 fully saturated rings. The average molecular weight is 418 g/mol. The fraction of sp³-hybridized carbons (Fsp3) is 0.476. The Labute approximate surface area is 162 Å². The zero-order chi connectivity index (χ0) is 18.1. The van der Waals surface area contributed by atoms with Gasteiger partial charge in [0, 0.05) is 6.04 Å². The highest BCUT2D eigenvalue weighted by Gasteiger charge is 2.42. The quantitative estimate of drug-likeness (QED) is 0.704. The van der Waals surface area contributed by atoms with E-state index in [1.807, 2.05) is 24.3 Å². The van der Waals surface area contributed by atoms with Gasteiger partial charge in [0.25, 0.3) is 5.91 Å². The number of para-hydroxylation sites is 1. The van der Waals surface area contributed by atoms with Crippen LogP contribution in [0.2, 0.25) is 0 Å². The summed E-state index contributed by atoms with van der Waals surface area (Å²) in [6.45, 7) is 2.42. The summed E-state index contributed by atoms with van der Waals surface area (Å²) >= 11 is 3.45. The van der Waals surface area contributed by atoms with Crippen LogP contribution in [0.25, 0.3) is 0 Å². The Morgan fingerprint density at radius 3 is 2.85 bits per heavy atom. The van der Waals surface area contributed by atoms with Crippen LogP contribution in [0.1, 0.15) is 48.9 Å². The molecule has 4 rings (SSSR count). The summed E-state index contributed by atoms with van der Waals surface area (Å²) in [6, 6.07) is 11.4. The molecular weight excluding hydrogens is 394 g/mol. The lowest BCUT2D eigenvalue weighted by Crippen LogP contribution is -2.40. The van der Waals surface area contributed by atoms with Crippen LogP contribution in [0.4, 0.5) is 0 Å². The van der Waals surface area contributed by atoms with Crippen molar-refractivity contribution < 1.29 is 13.9 Å². The maximum Gasteiger partial charge on any atom is 0.287 e. The van der Waals surface area contributed by atoms with Crippen molar-refractivity contribution in [3.63, 3.8) is 0 Å². The Morgan fingerprint density at radius 2 is 2.12 bits per heavy atom. The Kier molecular flexibility index (Phi) is 5.07. The normalized spacial score (nSPS) is 25.2. The van der Waals surface area contributed by atoms with E-state index in [0.717, 1.165) is 22.1 Å². The van der Waals surface area contributed by atoms with Crippen molar-refractivity contribution in [2.75, 3.05) is 0 Å².